The monoisotopic (exact) mass is 657 g/mol. The summed E-state index contributed by atoms with van der Waals surface area (Å²) in [6.45, 7) is 7.81. The molecule has 0 radical (unpaired) electrons. The highest BCUT2D eigenvalue weighted by Crippen LogP contribution is 2.25. The largest absolute Gasteiger partial charge is 0.465 e. The molecule has 0 aliphatic heterocycles. The fourth-order valence-corrected chi connectivity index (χ4v) is 4.97. The fraction of sp³-hybridized carbons (Fsp3) is 0.649. The molecule has 0 heterocycles. The molecule has 0 spiro atoms. The van der Waals surface area contributed by atoms with Crippen LogP contribution in [-0.2, 0) is 33.4 Å². The Morgan fingerprint density at radius 2 is 1.23 bits per heavy atom. The Bertz CT molecular complexity index is 1130. The number of carbonyl (C=O) groups excluding carboxylic acids is 5. The Labute approximate surface area is 282 Å². The van der Waals surface area contributed by atoms with Gasteiger partial charge in [-0.05, 0) is 44.2 Å². The lowest BCUT2D eigenvalue weighted by Crippen LogP contribution is -2.49. The summed E-state index contributed by atoms with van der Waals surface area (Å²) in [6, 6.07) is 6.96. The first-order valence-corrected chi connectivity index (χ1v) is 17.4. The zero-order valence-corrected chi connectivity index (χ0v) is 29.4. The third-order valence-corrected chi connectivity index (χ3v) is 7.67. The zero-order valence-electron chi connectivity index (χ0n) is 29.4. The van der Waals surface area contributed by atoms with Crippen molar-refractivity contribution >= 4 is 41.0 Å². The molecule has 0 aromatic heterocycles. The van der Waals surface area contributed by atoms with Crippen LogP contribution >= 0.6 is 0 Å². The number of anilines is 2. The molecule has 0 aliphatic rings. The fourth-order valence-electron chi connectivity index (χ4n) is 4.97. The van der Waals surface area contributed by atoms with Crippen molar-refractivity contribution in [3.05, 3.63) is 36.4 Å². The first-order valence-electron chi connectivity index (χ1n) is 17.4. The first-order chi connectivity index (χ1) is 22.5. The molecule has 0 aliphatic carbocycles. The molecule has 0 fully saturated rings. The number of esters is 2. The van der Waals surface area contributed by atoms with Gasteiger partial charge in [0.05, 0.1) is 11.4 Å². The number of hydrogen-bond donors (Lipinski definition) is 3. The van der Waals surface area contributed by atoms with E-state index in [-0.39, 0.29) is 31.4 Å². The Kier molecular flexibility index (Phi) is 21.5. The van der Waals surface area contributed by atoms with Crippen LogP contribution in [0.15, 0.2) is 36.4 Å². The van der Waals surface area contributed by atoms with Gasteiger partial charge in [0, 0.05) is 38.6 Å². The summed E-state index contributed by atoms with van der Waals surface area (Å²) >= 11 is 0. The standard InChI is InChI=1S/C37H59N3O7/c1-6-7-8-9-10-11-12-13-14-15-16-17-18-19-20-25-33(43)39-31-23-21-22-24-32(31)40-34(44)26-27-38-36(45)35(47-30(3)42)37(4,5)28-46-29(2)41/h13-14,21-24,35H,6-12,15-20,25-28H2,1-5H3,(H,38,45)(H,39,43)(H,40,44). The molecule has 0 bridgehead atoms. The van der Waals surface area contributed by atoms with Crippen molar-refractivity contribution < 1.29 is 33.4 Å². The second kappa shape index (κ2) is 24.5. The van der Waals surface area contributed by atoms with E-state index in [1.54, 1.807) is 38.1 Å². The molecule has 1 unspecified atom stereocenters. The Balaban J connectivity index is 2.37. The van der Waals surface area contributed by atoms with Gasteiger partial charge in [-0.25, -0.2) is 0 Å². The predicted octanol–water partition coefficient (Wildman–Crippen LogP) is 7.63. The number of ether oxygens (including phenoxy) is 2. The quantitative estimate of drug-likeness (QED) is 0.0558. The molecule has 10 heteroatoms. The molecule has 0 saturated carbocycles. The van der Waals surface area contributed by atoms with Gasteiger partial charge in [-0.15, -0.1) is 0 Å². The lowest BCUT2D eigenvalue weighted by atomic mass is 9.86. The second-order valence-electron chi connectivity index (χ2n) is 12.8. The molecule has 10 nitrogen and oxygen atoms in total. The van der Waals surface area contributed by atoms with Crippen LogP contribution in [0.5, 0.6) is 0 Å². The molecule has 1 atom stereocenters. The molecule has 264 valence electrons. The van der Waals surface area contributed by atoms with Crippen LogP contribution in [0.3, 0.4) is 0 Å². The molecule has 1 aromatic carbocycles. The number of benzene rings is 1. The highest BCUT2D eigenvalue weighted by atomic mass is 16.6. The number of allylic oxidation sites excluding steroid dienone is 2. The number of hydrogen-bond acceptors (Lipinski definition) is 7. The molecule has 1 aromatic rings. The topological polar surface area (TPSA) is 140 Å². The number of para-hydroxylation sites is 2. The molecule has 1 rings (SSSR count). The van der Waals surface area contributed by atoms with E-state index in [1.165, 1.54) is 65.2 Å². The first kappa shape index (κ1) is 41.3. The summed E-state index contributed by atoms with van der Waals surface area (Å²) in [5.74, 6) is -2.25. The zero-order chi connectivity index (χ0) is 34.9. The lowest BCUT2D eigenvalue weighted by Gasteiger charge is -2.31. The molecule has 47 heavy (non-hydrogen) atoms. The van der Waals surface area contributed by atoms with E-state index in [0.29, 0.717) is 17.8 Å². The molecule has 0 saturated heterocycles. The summed E-state index contributed by atoms with van der Waals surface area (Å²) in [7, 11) is 0. The molecular weight excluding hydrogens is 598 g/mol. The van der Waals surface area contributed by atoms with E-state index in [9.17, 15) is 24.0 Å². The van der Waals surface area contributed by atoms with Gasteiger partial charge in [0.2, 0.25) is 11.8 Å². The van der Waals surface area contributed by atoms with Gasteiger partial charge >= 0.3 is 11.9 Å². The Morgan fingerprint density at radius 3 is 1.77 bits per heavy atom. The molecular formula is C37H59N3O7. The van der Waals surface area contributed by atoms with Crippen molar-refractivity contribution in [2.45, 2.75) is 137 Å². The van der Waals surface area contributed by atoms with Crippen LogP contribution in [-0.4, -0.2) is 48.9 Å². The maximum absolute atomic E-state index is 12.8. The average molecular weight is 658 g/mol. The number of carbonyl (C=O) groups is 5. The third-order valence-electron chi connectivity index (χ3n) is 7.67. The lowest BCUT2D eigenvalue weighted by molar-refractivity contribution is -0.166. The van der Waals surface area contributed by atoms with E-state index in [1.807, 2.05) is 0 Å². The van der Waals surface area contributed by atoms with Crippen molar-refractivity contribution in [2.24, 2.45) is 5.41 Å². The summed E-state index contributed by atoms with van der Waals surface area (Å²) in [6.07, 6.45) is 19.3. The maximum Gasteiger partial charge on any atom is 0.303 e. The summed E-state index contributed by atoms with van der Waals surface area (Å²) < 4.78 is 10.2. The summed E-state index contributed by atoms with van der Waals surface area (Å²) in [4.78, 5) is 60.9. The minimum Gasteiger partial charge on any atom is -0.465 e. The minimum absolute atomic E-state index is 0.0178. The van der Waals surface area contributed by atoms with Crippen molar-refractivity contribution in [1.82, 2.24) is 5.32 Å². The van der Waals surface area contributed by atoms with E-state index < -0.39 is 29.4 Å². The Hall–Kier alpha value is -3.69. The number of nitrogens with one attached hydrogen (secondary N) is 3. The predicted molar refractivity (Wildman–Crippen MR) is 187 cm³/mol. The number of amides is 3. The van der Waals surface area contributed by atoms with E-state index in [4.69, 9.17) is 9.47 Å². The smallest absolute Gasteiger partial charge is 0.303 e. The van der Waals surface area contributed by atoms with Crippen molar-refractivity contribution in [2.75, 3.05) is 23.8 Å². The second-order valence-corrected chi connectivity index (χ2v) is 12.8. The van der Waals surface area contributed by atoms with Gasteiger partial charge < -0.3 is 25.4 Å². The summed E-state index contributed by atoms with van der Waals surface area (Å²) in [5, 5.41) is 8.29. The molecule has 3 N–H and O–H groups in total. The highest BCUT2D eigenvalue weighted by molar-refractivity contribution is 5.99. The van der Waals surface area contributed by atoms with E-state index in [0.717, 1.165) is 32.1 Å². The van der Waals surface area contributed by atoms with Crippen LogP contribution < -0.4 is 16.0 Å². The van der Waals surface area contributed by atoms with Crippen molar-refractivity contribution in [1.29, 1.82) is 0 Å². The van der Waals surface area contributed by atoms with Crippen molar-refractivity contribution in [3.8, 4) is 0 Å². The normalized spacial score (nSPS) is 11.9. The highest BCUT2D eigenvalue weighted by Gasteiger charge is 2.39. The van der Waals surface area contributed by atoms with Gasteiger partial charge in [0.15, 0.2) is 6.10 Å². The SMILES string of the molecule is CCCCCCCCC=CCCCCCCCC(=O)Nc1ccccc1NC(=O)CCNC(=O)C(OC(C)=O)C(C)(C)COC(C)=O. The summed E-state index contributed by atoms with van der Waals surface area (Å²) in [5.41, 5.74) is -0.0306. The third kappa shape index (κ3) is 20.2. The van der Waals surface area contributed by atoms with Gasteiger partial charge in [0.25, 0.3) is 5.91 Å². The van der Waals surface area contributed by atoms with Crippen LogP contribution in [0.1, 0.15) is 131 Å². The minimum atomic E-state index is -1.22. The van der Waals surface area contributed by atoms with Crippen LogP contribution in [0.4, 0.5) is 11.4 Å². The van der Waals surface area contributed by atoms with Gasteiger partial charge in [-0.1, -0.05) is 96.4 Å². The average Bonchev–Trinajstić information content (AvgIpc) is 3.01. The maximum atomic E-state index is 12.8. The van der Waals surface area contributed by atoms with Crippen molar-refractivity contribution in [3.63, 3.8) is 0 Å². The number of unbranched alkanes of at least 4 members (excludes halogenated alkanes) is 11. The Morgan fingerprint density at radius 1 is 0.723 bits per heavy atom. The molecule has 3 amide bonds. The van der Waals surface area contributed by atoms with Gasteiger partial charge in [0.1, 0.15) is 6.61 Å². The van der Waals surface area contributed by atoms with Gasteiger partial charge in [-0.3, -0.25) is 24.0 Å². The van der Waals surface area contributed by atoms with Gasteiger partial charge in [-0.2, -0.15) is 0 Å². The number of rotatable bonds is 25. The van der Waals surface area contributed by atoms with E-state index >= 15 is 0 Å². The van der Waals surface area contributed by atoms with Crippen LogP contribution in [0, 0.1) is 5.41 Å². The van der Waals surface area contributed by atoms with Crippen LogP contribution in [0.2, 0.25) is 0 Å². The van der Waals surface area contributed by atoms with E-state index in [2.05, 4.69) is 35.0 Å². The van der Waals surface area contributed by atoms with Crippen LogP contribution in [0.25, 0.3) is 0 Å².